The summed E-state index contributed by atoms with van der Waals surface area (Å²) in [6.45, 7) is 0.458. The van der Waals surface area contributed by atoms with Crippen molar-refractivity contribution in [1.82, 2.24) is 24.8 Å². The van der Waals surface area contributed by atoms with Gasteiger partial charge in [0.05, 0.1) is 28.4 Å². The summed E-state index contributed by atoms with van der Waals surface area (Å²) in [4.78, 5) is 30.6. The van der Waals surface area contributed by atoms with E-state index in [1.807, 2.05) is 0 Å². The first-order chi connectivity index (χ1) is 12.7. The molecule has 1 atom stereocenters. The Morgan fingerprint density at radius 3 is 3.12 bits per heavy atom. The maximum atomic E-state index is 14.1. The van der Waals surface area contributed by atoms with E-state index in [1.54, 1.807) is 23.4 Å². The molecule has 130 valence electrons. The van der Waals surface area contributed by atoms with Crippen LogP contribution in [-0.2, 0) is 6.42 Å². The topological polar surface area (TPSA) is 87.9 Å². The number of benzene rings is 1. The zero-order chi connectivity index (χ0) is 17.7. The Labute approximate surface area is 150 Å². The number of aromatic nitrogens is 4. The first kappa shape index (κ1) is 15.2. The van der Waals surface area contributed by atoms with Crippen LogP contribution in [0.2, 0.25) is 0 Å². The van der Waals surface area contributed by atoms with Crippen LogP contribution in [0.4, 0.5) is 4.39 Å². The van der Waals surface area contributed by atoms with Crippen LogP contribution < -0.4 is 0 Å². The van der Waals surface area contributed by atoms with E-state index in [9.17, 15) is 9.18 Å². The molecular weight excluding hydrogens is 357 g/mol. The van der Waals surface area contributed by atoms with Crippen molar-refractivity contribution >= 4 is 27.5 Å². The first-order valence-corrected chi connectivity index (χ1v) is 8.81. The lowest BCUT2D eigenvalue weighted by molar-refractivity contribution is 0.0649. The van der Waals surface area contributed by atoms with E-state index in [-0.39, 0.29) is 17.6 Å². The molecule has 1 amide bonds. The second kappa shape index (κ2) is 5.73. The molecule has 3 aromatic heterocycles. The number of hydrogen-bond donors (Lipinski definition) is 1. The molecule has 26 heavy (non-hydrogen) atoms. The van der Waals surface area contributed by atoms with Crippen molar-refractivity contribution in [1.29, 1.82) is 0 Å². The highest BCUT2D eigenvalue weighted by Gasteiger charge is 2.38. The summed E-state index contributed by atoms with van der Waals surface area (Å²) < 4.78 is 19.8. The molecule has 4 heterocycles. The molecular formula is C17H12FN5O2S. The molecule has 9 heteroatoms. The summed E-state index contributed by atoms with van der Waals surface area (Å²) in [6.07, 6.45) is 5.03. The molecule has 0 saturated carbocycles. The van der Waals surface area contributed by atoms with Crippen molar-refractivity contribution in [3.05, 3.63) is 65.1 Å². The smallest absolute Gasteiger partial charge is 0.310 e. The minimum atomic E-state index is -0.513. The van der Waals surface area contributed by atoms with Crippen molar-refractivity contribution in [3.8, 4) is 0 Å². The standard InChI is InChI=1S/C17H12FN5O2S/c18-9-2-1-3-11-14(9)26-16(22-11)13-12-10(20-8-21-12)4-6-23(13)17(24)15-19-5-7-25-15/h1-3,5,7-8,13H,4,6H2,(H,20,21)/t13-/m0/s1. The quantitative estimate of drug-likeness (QED) is 0.587. The third kappa shape index (κ3) is 2.24. The number of hydrogen-bond acceptors (Lipinski definition) is 6. The van der Waals surface area contributed by atoms with Crippen LogP contribution in [0.15, 0.2) is 41.4 Å². The normalized spacial score (nSPS) is 16.8. The average molecular weight is 369 g/mol. The van der Waals surface area contributed by atoms with Gasteiger partial charge in [-0.05, 0) is 12.1 Å². The Balaban J connectivity index is 1.66. The Kier molecular flexibility index (Phi) is 3.35. The van der Waals surface area contributed by atoms with Gasteiger partial charge in [0.1, 0.15) is 23.1 Å². The number of imidazole rings is 1. The van der Waals surface area contributed by atoms with Gasteiger partial charge < -0.3 is 14.3 Å². The molecule has 0 fully saturated rings. The van der Waals surface area contributed by atoms with Crippen LogP contribution in [0.25, 0.3) is 10.2 Å². The first-order valence-electron chi connectivity index (χ1n) is 8.00. The molecule has 0 radical (unpaired) electrons. The second-order valence-corrected chi connectivity index (χ2v) is 6.93. The number of amides is 1. The molecule has 4 aromatic rings. The molecule has 0 aliphatic carbocycles. The van der Waals surface area contributed by atoms with Gasteiger partial charge in [-0.2, -0.15) is 0 Å². The van der Waals surface area contributed by atoms with Gasteiger partial charge in [0.2, 0.25) is 0 Å². The van der Waals surface area contributed by atoms with E-state index in [2.05, 4.69) is 19.9 Å². The number of aromatic amines is 1. The molecule has 0 bridgehead atoms. The van der Waals surface area contributed by atoms with Gasteiger partial charge in [-0.3, -0.25) is 4.79 Å². The number of oxazole rings is 1. The Morgan fingerprint density at radius 1 is 1.38 bits per heavy atom. The lowest BCUT2D eigenvalue weighted by atomic mass is 10.0. The molecule has 1 aromatic carbocycles. The highest BCUT2D eigenvalue weighted by molar-refractivity contribution is 7.18. The average Bonchev–Trinajstić information content (AvgIpc) is 3.39. The van der Waals surface area contributed by atoms with Gasteiger partial charge in [-0.25, -0.2) is 19.3 Å². The van der Waals surface area contributed by atoms with Crippen LogP contribution in [0.3, 0.4) is 0 Å². The van der Waals surface area contributed by atoms with Crippen molar-refractivity contribution in [3.63, 3.8) is 0 Å². The number of nitrogens with one attached hydrogen (secondary N) is 1. The van der Waals surface area contributed by atoms with Crippen LogP contribution in [0.5, 0.6) is 0 Å². The minimum absolute atomic E-state index is 0.0151. The van der Waals surface area contributed by atoms with E-state index < -0.39 is 6.04 Å². The van der Waals surface area contributed by atoms with E-state index in [4.69, 9.17) is 4.42 Å². The molecule has 7 nitrogen and oxygen atoms in total. The molecule has 1 aliphatic heterocycles. The van der Waals surface area contributed by atoms with E-state index in [0.29, 0.717) is 28.2 Å². The van der Waals surface area contributed by atoms with E-state index in [0.717, 1.165) is 11.4 Å². The fraction of sp³-hybridized carbons (Fsp3) is 0.176. The van der Waals surface area contributed by atoms with Crippen LogP contribution >= 0.6 is 11.3 Å². The lowest BCUT2D eigenvalue weighted by Crippen LogP contribution is -2.40. The van der Waals surface area contributed by atoms with Crippen molar-refractivity contribution in [2.45, 2.75) is 12.5 Å². The molecule has 0 spiro atoms. The van der Waals surface area contributed by atoms with Gasteiger partial charge in [0, 0.05) is 18.7 Å². The molecule has 0 saturated heterocycles. The summed E-state index contributed by atoms with van der Waals surface area (Å²) in [7, 11) is 0. The van der Waals surface area contributed by atoms with Crippen molar-refractivity contribution in [2.75, 3.05) is 6.54 Å². The van der Waals surface area contributed by atoms with Crippen LogP contribution in [-0.4, -0.2) is 37.3 Å². The zero-order valence-corrected chi connectivity index (χ0v) is 14.2. The maximum Gasteiger partial charge on any atom is 0.310 e. The predicted octanol–water partition coefficient (Wildman–Crippen LogP) is 2.93. The third-order valence-electron chi connectivity index (χ3n) is 4.42. The van der Waals surface area contributed by atoms with Crippen molar-refractivity contribution < 1.29 is 13.6 Å². The molecule has 0 unspecified atom stereocenters. The lowest BCUT2D eigenvalue weighted by Gasteiger charge is -2.32. The summed E-state index contributed by atoms with van der Waals surface area (Å²) in [5, 5.41) is 0.609. The van der Waals surface area contributed by atoms with Gasteiger partial charge >= 0.3 is 5.91 Å². The largest absolute Gasteiger partial charge is 0.441 e. The van der Waals surface area contributed by atoms with Gasteiger partial charge in [-0.1, -0.05) is 6.07 Å². The van der Waals surface area contributed by atoms with Gasteiger partial charge in [-0.15, -0.1) is 11.3 Å². The summed E-state index contributed by atoms with van der Waals surface area (Å²) in [5.74, 6) is -0.649. The van der Waals surface area contributed by atoms with Crippen LogP contribution in [0, 0.1) is 5.82 Å². The number of rotatable bonds is 2. The summed E-state index contributed by atoms with van der Waals surface area (Å²) in [5.41, 5.74) is 2.23. The molecule has 1 aliphatic rings. The fourth-order valence-corrected chi connectivity index (χ4v) is 4.33. The highest BCUT2D eigenvalue weighted by atomic mass is 32.1. The van der Waals surface area contributed by atoms with Crippen LogP contribution in [0.1, 0.15) is 33.1 Å². The third-order valence-corrected chi connectivity index (χ3v) is 5.55. The number of carbonyl (C=O) groups excluding carboxylic acids is 1. The number of H-pyrrole nitrogens is 1. The maximum absolute atomic E-state index is 14.1. The Bertz CT molecular complexity index is 1100. The molecule has 1 N–H and O–H groups in total. The second-order valence-electron chi connectivity index (χ2n) is 5.89. The predicted molar refractivity (Wildman–Crippen MR) is 91.3 cm³/mol. The Morgan fingerprint density at radius 2 is 2.31 bits per heavy atom. The monoisotopic (exact) mass is 369 g/mol. The number of halogens is 1. The number of carbonyl (C=O) groups is 1. The minimum Gasteiger partial charge on any atom is -0.441 e. The van der Waals surface area contributed by atoms with E-state index in [1.165, 1.54) is 29.9 Å². The Hall–Kier alpha value is -3.07. The SMILES string of the molecule is O=C(c1ncco1)N1CCc2[nH]cnc2[C@H]1c1nc2cccc(F)c2s1. The van der Waals surface area contributed by atoms with E-state index >= 15 is 0 Å². The zero-order valence-electron chi connectivity index (χ0n) is 13.3. The molecule has 5 rings (SSSR count). The van der Waals surface area contributed by atoms with Gasteiger partial charge in [0.15, 0.2) is 0 Å². The van der Waals surface area contributed by atoms with Crippen molar-refractivity contribution in [2.24, 2.45) is 0 Å². The number of fused-ring (bicyclic) bond motifs is 2. The number of nitrogens with zero attached hydrogens (tertiary/aromatic N) is 4. The summed E-state index contributed by atoms with van der Waals surface area (Å²) in [6, 6.07) is 4.27. The summed E-state index contributed by atoms with van der Waals surface area (Å²) >= 11 is 1.23. The fourth-order valence-electron chi connectivity index (χ4n) is 3.25. The van der Waals surface area contributed by atoms with Gasteiger partial charge in [0.25, 0.3) is 5.89 Å². The highest BCUT2D eigenvalue weighted by Crippen LogP contribution is 2.38. The number of thiazole rings is 1.